The Kier molecular flexibility index (Phi) is 6.32. The van der Waals surface area contributed by atoms with Crippen molar-refractivity contribution in [2.75, 3.05) is 13.1 Å². The summed E-state index contributed by atoms with van der Waals surface area (Å²) in [6.45, 7) is -0.207. The molecule has 8 heteroatoms. The number of amides is 2. The summed E-state index contributed by atoms with van der Waals surface area (Å²) in [4.78, 5) is 31.1. The lowest BCUT2D eigenvalue weighted by atomic mass is 9.93. The molecule has 4 rings (SSSR count). The van der Waals surface area contributed by atoms with Crippen LogP contribution in [-0.2, 0) is 9.59 Å². The Morgan fingerprint density at radius 2 is 1.78 bits per heavy atom. The number of aromatic hydroxyl groups is 1. The van der Waals surface area contributed by atoms with Crippen LogP contribution in [0.5, 0.6) is 11.5 Å². The number of carbonyl (C=O) groups is 2. The number of pyridine rings is 1. The number of hydrogen-bond donors (Lipinski definition) is 3. The number of nitrogens with one attached hydrogen (secondary N) is 1. The molecule has 3 N–H and O–H groups in total. The van der Waals surface area contributed by atoms with Crippen molar-refractivity contribution in [2.45, 2.75) is 18.2 Å². The summed E-state index contributed by atoms with van der Waals surface area (Å²) >= 11 is 0. The molecule has 3 aromatic rings. The highest BCUT2D eigenvalue weighted by Crippen LogP contribution is 2.36. The molecule has 0 aliphatic carbocycles. The Morgan fingerprint density at radius 3 is 2.47 bits per heavy atom. The van der Waals surface area contributed by atoms with Crippen LogP contribution in [0.2, 0.25) is 0 Å². The van der Waals surface area contributed by atoms with Crippen LogP contribution < -0.4 is 10.1 Å². The minimum atomic E-state index is -0.938. The topological polar surface area (TPSA) is 112 Å². The van der Waals surface area contributed by atoms with Crippen LogP contribution in [-0.4, -0.2) is 51.1 Å². The molecule has 1 aliphatic rings. The van der Waals surface area contributed by atoms with Gasteiger partial charge in [0.15, 0.2) is 0 Å². The first kappa shape index (κ1) is 21.3. The fourth-order valence-corrected chi connectivity index (χ4v) is 3.55. The highest BCUT2D eigenvalue weighted by atomic mass is 16.5. The number of ether oxygens (including phenoxy) is 1. The average molecular weight is 433 g/mol. The van der Waals surface area contributed by atoms with Crippen LogP contribution in [0.15, 0.2) is 79.0 Å². The number of phenols is 1. The van der Waals surface area contributed by atoms with E-state index in [1.54, 1.807) is 42.6 Å². The Labute approximate surface area is 185 Å². The second-order valence-corrected chi connectivity index (χ2v) is 7.43. The highest BCUT2D eigenvalue weighted by molar-refractivity contribution is 5.93. The lowest BCUT2D eigenvalue weighted by Gasteiger charge is -2.45. The van der Waals surface area contributed by atoms with Gasteiger partial charge in [-0.1, -0.05) is 36.4 Å². The number of phenolic OH excluding ortho intramolecular Hbond substituents is 1. The van der Waals surface area contributed by atoms with Crippen LogP contribution in [0.4, 0.5) is 0 Å². The van der Waals surface area contributed by atoms with Gasteiger partial charge in [0.2, 0.25) is 12.0 Å². The van der Waals surface area contributed by atoms with Crippen LogP contribution >= 0.6 is 0 Å². The molecule has 1 aliphatic heterocycles. The molecule has 0 bridgehead atoms. The number of para-hydroxylation sites is 1. The molecule has 2 heterocycles. The molecular formula is C24H23N3O5. The fourth-order valence-electron chi connectivity index (χ4n) is 3.55. The predicted molar refractivity (Wildman–Crippen MR) is 116 cm³/mol. The van der Waals surface area contributed by atoms with Gasteiger partial charge in [0.1, 0.15) is 24.1 Å². The first-order valence-corrected chi connectivity index (χ1v) is 10.2. The lowest BCUT2D eigenvalue weighted by molar-refractivity contribution is -0.166. The first-order valence-electron chi connectivity index (χ1n) is 10.2. The van der Waals surface area contributed by atoms with Crippen molar-refractivity contribution in [1.29, 1.82) is 0 Å². The van der Waals surface area contributed by atoms with E-state index < -0.39 is 24.2 Å². The van der Waals surface area contributed by atoms with Crippen LogP contribution in [0, 0.1) is 0 Å². The van der Waals surface area contributed by atoms with Gasteiger partial charge >= 0.3 is 0 Å². The molecule has 3 unspecified atom stereocenters. The summed E-state index contributed by atoms with van der Waals surface area (Å²) in [6.07, 6.45) is -0.0840. The van der Waals surface area contributed by atoms with Crippen molar-refractivity contribution in [1.82, 2.24) is 15.2 Å². The summed E-state index contributed by atoms with van der Waals surface area (Å²) < 4.78 is 5.88. The van der Waals surface area contributed by atoms with Gasteiger partial charge in [0.05, 0.1) is 11.8 Å². The zero-order valence-electron chi connectivity index (χ0n) is 17.2. The molecule has 0 saturated carbocycles. The van der Waals surface area contributed by atoms with E-state index >= 15 is 0 Å². The van der Waals surface area contributed by atoms with Gasteiger partial charge in [-0.3, -0.25) is 14.6 Å². The van der Waals surface area contributed by atoms with Crippen molar-refractivity contribution in [2.24, 2.45) is 0 Å². The molecule has 2 amide bonds. The van der Waals surface area contributed by atoms with Gasteiger partial charge in [-0.2, -0.15) is 0 Å². The van der Waals surface area contributed by atoms with E-state index in [1.807, 2.05) is 24.3 Å². The number of rotatable bonds is 8. The molecule has 1 fully saturated rings. The maximum Gasteiger partial charge on any atom is 0.267 e. The van der Waals surface area contributed by atoms with Crippen molar-refractivity contribution in [3.63, 3.8) is 0 Å². The van der Waals surface area contributed by atoms with E-state index in [4.69, 9.17) is 4.74 Å². The van der Waals surface area contributed by atoms with E-state index in [0.29, 0.717) is 17.0 Å². The summed E-state index contributed by atoms with van der Waals surface area (Å²) in [6, 6.07) is 20.0. The van der Waals surface area contributed by atoms with Crippen molar-refractivity contribution in [3.8, 4) is 11.5 Å². The van der Waals surface area contributed by atoms with Gasteiger partial charge in [0, 0.05) is 12.7 Å². The molecular weight excluding hydrogens is 410 g/mol. The highest BCUT2D eigenvalue weighted by Gasteiger charge is 2.51. The third-order valence-electron chi connectivity index (χ3n) is 5.23. The Hall–Kier alpha value is -3.91. The second kappa shape index (κ2) is 9.49. The standard InChI is InChI=1S/C24H23N3O5/c28-17-11-9-16(10-12-17)20(29)14-26-21(30)15-27-22(19-8-4-5-13-25-19)23(24(27)31)32-18-6-2-1-3-7-18/h1-13,20,22-23,28-29H,14-15H2,(H,26,30). The maximum atomic E-state index is 12.8. The molecule has 0 spiro atoms. The number of β-lactam (4-membered cyclic amide) rings is 1. The Balaban J connectivity index is 1.40. The fraction of sp³-hybridized carbons (Fsp3) is 0.208. The zero-order chi connectivity index (χ0) is 22.5. The van der Waals surface area contributed by atoms with Gasteiger partial charge in [-0.25, -0.2) is 0 Å². The van der Waals surface area contributed by atoms with Crippen molar-refractivity contribution < 1.29 is 24.5 Å². The summed E-state index contributed by atoms with van der Waals surface area (Å²) in [7, 11) is 0. The van der Waals surface area contributed by atoms with E-state index in [0.717, 1.165) is 0 Å². The molecule has 1 saturated heterocycles. The van der Waals surface area contributed by atoms with Crippen LogP contribution in [0.25, 0.3) is 0 Å². The van der Waals surface area contributed by atoms with Crippen molar-refractivity contribution >= 4 is 11.8 Å². The lowest BCUT2D eigenvalue weighted by Crippen LogP contribution is -2.63. The minimum Gasteiger partial charge on any atom is -0.508 e. The number of aromatic nitrogens is 1. The number of aliphatic hydroxyl groups is 1. The second-order valence-electron chi connectivity index (χ2n) is 7.43. The van der Waals surface area contributed by atoms with Crippen LogP contribution in [0.1, 0.15) is 23.4 Å². The zero-order valence-corrected chi connectivity index (χ0v) is 17.2. The number of benzene rings is 2. The summed E-state index contributed by atoms with van der Waals surface area (Å²) in [5, 5.41) is 22.2. The molecule has 8 nitrogen and oxygen atoms in total. The maximum absolute atomic E-state index is 12.8. The predicted octanol–water partition coefficient (Wildman–Crippen LogP) is 1.97. The largest absolute Gasteiger partial charge is 0.508 e. The average Bonchev–Trinajstić information content (AvgIpc) is 2.83. The van der Waals surface area contributed by atoms with E-state index in [-0.39, 0.29) is 24.7 Å². The van der Waals surface area contributed by atoms with Crippen molar-refractivity contribution in [3.05, 3.63) is 90.3 Å². The first-order chi connectivity index (χ1) is 15.5. The number of likely N-dealkylation sites (tertiary alicyclic amines) is 1. The molecule has 3 atom stereocenters. The number of carbonyl (C=O) groups excluding carboxylic acids is 2. The van der Waals surface area contributed by atoms with Gasteiger partial charge in [-0.15, -0.1) is 0 Å². The third kappa shape index (κ3) is 4.70. The molecule has 32 heavy (non-hydrogen) atoms. The van der Waals surface area contributed by atoms with E-state index in [2.05, 4.69) is 10.3 Å². The molecule has 0 radical (unpaired) electrons. The smallest absolute Gasteiger partial charge is 0.267 e. The van der Waals surface area contributed by atoms with Gasteiger partial charge in [0.25, 0.3) is 5.91 Å². The molecule has 1 aromatic heterocycles. The van der Waals surface area contributed by atoms with Gasteiger partial charge in [-0.05, 0) is 42.0 Å². The number of nitrogens with zero attached hydrogens (tertiary/aromatic N) is 2. The number of hydrogen-bond acceptors (Lipinski definition) is 6. The summed E-state index contributed by atoms with van der Waals surface area (Å²) in [5.41, 5.74) is 1.19. The SMILES string of the molecule is O=C(CN1C(=O)C(Oc2ccccc2)C1c1ccccn1)NCC(O)c1ccc(O)cc1. The normalized spacial score (nSPS) is 18.5. The molecule has 164 valence electrons. The number of aliphatic hydroxyl groups excluding tert-OH is 1. The summed E-state index contributed by atoms with van der Waals surface area (Å²) in [5.74, 6) is -0.0592. The minimum absolute atomic E-state index is 0.0240. The molecule has 2 aromatic carbocycles. The van der Waals surface area contributed by atoms with Gasteiger partial charge < -0.3 is 25.2 Å². The van der Waals surface area contributed by atoms with Crippen LogP contribution in [0.3, 0.4) is 0 Å². The third-order valence-corrected chi connectivity index (χ3v) is 5.23. The Morgan fingerprint density at radius 1 is 1.06 bits per heavy atom. The Bertz CT molecular complexity index is 1060. The quantitative estimate of drug-likeness (QED) is 0.469. The monoisotopic (exact) mass is 433 g/mol. The van der Waals surface area contributed by atoms with E-state index in [1.165, 1.54) is 17.0 Å². The van der Waals surface area contributed by atoms with E-state index in [9.17, 15) is 19.8 Å².